The number of nitrogens with one attached hydrogen (secondary N) is 1. The van der Waals surface area contributed by atoms with Crippen molar-refractivity contribution in [1.29, 1.82) is 0 Å². The number of halogens is 5. The lowest BCUT2D eigenvalue weighted by molar-refractivity contribution is -0.137. The summed E-state index contributed by atoms with van der Waals surface area (Å²) in [5.74, 6) is 1.11. The minimum atomic E-state index is -4.46. The topological polar surface area (TPSA) is 47.0 Å². The van der Waals surface area contributed by atoms with Gasteiger partial charge in [0.2, 0.25) is 0 Å². The number of benzene rings is 2. The van der Waals surface area contributed by atoms with E-state index in [0.717, 1.165) is 17.7 Å². The third-order valence-electron chi connectivity index (χ3n) is 4.18. The van der Waals surface area contributed by atoms with Crippen molar-refractivity contribution in [2.45, 2.75) is 26.1 Å². The highest BCUT2D eigenvalue weighted by Crippen LogP contribution is 2.36. The summed E-state index contributed by atoms with van der Waals surface area (Å²) in [6.45, 7) is 3.73. The summed E-state index contributed by atoms with van der Waals surface area (Å²) in [4.78, 5) is 8.16. The number of hydrogen-bond acceptors (Lipinski definition) is 4. The van der Waals surface area contributed by atoms with Gasteiger partial charge in [-0.1, -0.05) is 35.3 Å². The molecule has 1 heterocycles. The lowest BCUT2D eigenvalue weighted by Crippen LogP contribution is -2.09. The molecule has 1 aromatic heterocycles. The number of hydrogen-bond donors (Lipinski definition) is 1. The Morgan fingerprint density at radius 2 is 1.72 bits per heavy atom. The van der Waals surface area contributed by atoms with Gasteiger partial charge in [0.25, 0.3) is 0 Å². The lowest BCUT2D eigenvalue weighted by atomic mass is 10.1. The number of rotatable bonds is 5. The number of aromatic nitrogens is 2. The first-order chi connectivity index (χ1) is 13.6. The molecular weight excluding hydrogens is 426 g/mol. The maximum atomic E-state index is 12.7. The number of alkyl halides is 3. The van der Waals surface area contributed by atoms with Gasteiger partial charge in [-0.05, 0) is 49.7 Å². The van der Waals surface area contributed by atoms with Crippen LogP contribution in [0.3, 0.4) is 0 Å². The molecule has 9 heteroatoms. The first-order valence-corrected chi connectivity index (χ1v) is 9.29. The number of aryl methyl sites for hydroxylation is 1. The third kappa shape index (κ3) is 5.10. The number of anilines is 1. The normalized spacial score (nSPS) is 12.5. The van der Waals surface area contributed by atoms with E-state index in [-0.39, 0.29) is 16.8 Å². The molecule has 3 rings (SSSR count). The minimum Gasteiger partial charge on any atom is -0.456 e. The average Bonchev–Trinajstić information content (AvgIpc) is 2.67. The van der Waals surface area contributed by atoms with Gasteiger partial charge in [0.15, 0.2) is 0 Å². The average molecular weight is 442 g/mol. The molecule has 3 aromatic rings. The quantitative estimate of drug-likeness (QED) is 0.459. The van der Waals surface area contributed by atoms with Gasteiger partial charge in [0, 0.05) is 6.04 Å². The second-order valence-electron chi connectivity index (χ2n) is 6.30. The van der Waals surface area contributed by atoms with Gasteiger partial charge in [-0.25, -0.2) is 9.97 Å². The Kier molecular flexibility index (Phi) is 6.19. The monoisotopic (exact) mass is 441 g/mol. The molecule has 0 amide bonds. The molecule has 0 saturated carbocycles. The van der Waals surface area contributed by atoms with Crippen LogP contribution in [0.2, 0.25) is 10.0 Å². The van der Waals surface area contributed by atoms with Crippen molar-refractivity contribution in [2.24, 2.45) is 0 Å². The highest BCUT2D eigenvalue weighted by molar-refractivity contribution is 6.33. The van der Waals surface area contributed by atoms with E-state index in [1.165, 1.54) is 12.4 Å². The van der Waals surface area contributed by atoms with Crippen LogP contribution in [0.5, 0.6) is 11.5 Å². The van der Waals surface area contributed by atoms with Crippen LogP contribution in [0.15, 0.2) is 48.8 Å². The van der Waals surface area contributed by atoms with Crippen molar-refractivity contribution < 1.29 is 17.9 Å². The number of nitrogens with zero attached hydrogens (tertiary/aromatic N) is 2. The molecule has 1 unspecified atom stereocenters. The predicted molar refractivity (Wildman–Crippen MR) is 107 cm³/mol. The summed E-state index contributed by atoms with van der Waals surface area (Å²) in [6.07, 6.45) is -3.03. The fraction of sp³-hybridized carbons (Fsp3) is 0.200. The smallest absolute Gasteiger partial charge is 0.416 e. The molecular formula is C20H16Cl2F3N3O. The second-order valence-corrected chi connectivity index (χ2v) is 7.09. The molecule has 0 aliphatic carbocycles. The first kappa shape index (κ1) is 21.2. The van der Waals surface area contributed by atoms with E-state index in [1.54, 1.807) is 19.1 Å². The van der Waals surface area contributed by atoms with Gasteiger partial charge in [0.05, 0.1) is 16.3 Å². The molecule has 29 heavy (non-hydrogen) atoms. The lowest BCUT2D eigenvalue weighted by Gasteiger charge is -2.17. The predicted octanol–water partition coefficient (Wildman–Crippen LogP) is 7.08. The molecule has 1 atom stereocenters. The molecule has 152 valence electrons. The Hall–Kier alpha value is -2.51. The molecule has 0 bridgehead atoms. The van der Waals surface area contributed by atoms with Gasteiger partial charge in [-0.15, -0.1) is 0 Å². The minimum absolute atomic E-state index is 0.106. The molecule has 0 radical (unpaired) electrons. The van der Waals surface area contributed by atoms with Crippen LogP contribution in [-0.2, 0) is 6.18 Å². The van der Waals surface area contributed by atoms with Crippen molar-refractivity contribution in [3.63, 3.8) is 0 Å². The van der Waals surface area contributed by atoms with E-state index in [2.05, 4.69) is 15.3 Å². The van der Waals surface area contributed by atoms with E-state index >= 15 is 0 Å². The summed E-state index contributed by atoms with van der Waals surface area (Å²) in [7, 11) is 0. The summed E-state index contributed by atoms with van der Waals surface area (Å²) in [6, 6.07) is 9.91. The third-order valence-corrected chi connectivity index (χ3v) is 4.93. The van der Waals surface area contributed by atoms with Crippen LogP contribution in [0, 0.1) is 6.92 Å². The summed E-state index contributed by atoms with van der Waals surface area (Å²) in [5.41, 5.74) is 0.778. The largest absolute Gasteiger partial charge is 0.456 e. The van der Waals surface area contributed by atoms with Crippen LogP contribution in [-0.4, -0.2) is 9.97 Å². The molecule has 0 aliphatic rings. The molecule has 4 nitrogen and oxygen atoms in total. The van der Waals surface area contributed by atoms with Gasteiger partial charge in [-0.2, -0.15) is 13.2 Å². The summed E-state index contributed by atoms with van der Waals surface area (Å²) < 4.78 is 43.8. The Morgan fingerprint density at radius 3 is 2.34 bits per heavy atom. The van der Waals surface area contributed by atoms with E-state index in [1.807, 2.05) is 19.1 Å². The van der Waals surface area contributed by atoms with Crippen LogP contribution >= 0.6 is 23.2 Å². The molecule has 0 spiro atoms. The maximum Gasteiger partial charge on any atom is 0.416 e. The van der Waals surface area contributed by atoms with E-state index in [9.17, 15) is 13.2 Å². The van der Waals surface area contributed by atoms with Gasteiger partial charge in [0.1, 0.15) is 28.7 Å². The van der Waals surface area contributed by atoms with E-state index in [0.29, 0.717) is 22.3 Å². The molecule has 0 aliphatic heterocycles. The van der Waals surface area contributed by atoms with Crippen molar-refractivity contribution in [3.05, 3.63) is 75.7 Å². The van der Waals surface area contributed by atoms with Crippen LogP contribution < -0.4 is 10.1 Å². The summed E-state index contributed by atoms with van der Waals surface area (Å²) in [5, 5.41) is 3.55. The van der Waals surface area contributed by atoms with Crippen LogP contribution in [0.25, 0.3) is 0 Å². The summed E-state index contributed by atoms with van der Waals surface area (Å²) >= 11 is 12.1. The van der Waals surface area contributed by atoms with Crippen LogP contribution in [0.1, 0.15) is 29.8 Å². The fourth-order valence-corrected chi connectivity index (χ4v) is 2.93. The Labute approximate surface area is 175 Å². The highest BCUT2D eigenvalue weighted by atomic mass is 35.5. The van der Waals surface area contributed by atoms with E-state index in [4.69, 9.17) is 27.9 Å². The van der Waals surface area contributed by atoms with E-state index < -0.39 is 11.7 Å². The van der Waals surface area contributed by atoms with Gasteiger partial charge in [-0.3, -0.25) is 0 Å². The maximum absolute atomic E-state index is 12.7. The van der Waals surface area contributed by atoms with Crippen molar-refractivity contribution in [1.82, 2.24) is 9.97 Å². The molecule has 0 fully saturated rings. The zero-order valence-corrected chi connectivity index (χ0v) is 16.9. The Bertz CT molecular complexity index is 1010. The van der Waals surface area contributed by atoms with Gasteiger partial charge >= 0.3 is 6.18 Å². The zero-order chi connectivity index (χ0) is 21.2. The Morgan fingerprint density at radius 1 is 1.03 bits per heavy atom. The van der Waals surface area contributed by atoms with Crippen LogP contribution in [0.4, 0.5) is 19.0 Å². The second kappa shape index (κ2) is 8.47. The highest BCUT2D eigenvalue weighted by Gasteiger charge is 2.31. The van der Waals surface area contributed by atoms with Crippen molar-refractivity contribution >= 4 is 29.0 Å². The molecule has 0 saturated heterocycles. The number of ether oxygens (including phenoxy) is 1. The fourth-order valence-electron chi connectivity index (χ4n) is 2.56. The van der Waals surface area contributed by atoms with Crippen molar-refractivity contribution in [3.8, 4) is 11.5 Å². The Balaban J connectivity index is 1.71. The standard InChI is InChI=1S/C20H16Cl2F3N3O/c1-11(28-19-18(22)12(2)26-10-27-19)13-3-6-15(7-4-13)29-17-8-5-14(9-16(17)21)20(23,24)25/h3-11H,1-2H3,(H,26,27,28). The SMILES string of the molecule is Cc1ncnc(NC(C)c2ccc(Oc3ccc(C(F)(F)F)cc3Cl)cc2)c1Cl. The zero-order valence-electron chi connectivity index (χ0n) is 15.4. The van der Waals surface area contributed by atoms with Crippen molar-refractivity contribution in [2.75, 3.05) is 5.32 Å². The molecule has 2 aromatic carbocycles. The first-order valence-electron chi connectivity index (χ1n) is 8.53. The van der Waals surface area contributed by atoms with Gasteiger partial charge < -0.3 is 10.1 Å². The molecule has 1 N–H and O–H groups in total.